The number of hydrogen-bond donors (Lipinski definition) is 1. The van der Waals surface area contributed by atoms with Crippen LogP contribution in [0.4, 0.5) is 0 Å². The lowest BCUT2D eigenvalue weighted by Crippen LogP contribution is -2.39. The summed E-state index contributed by atoms with van der Waals surface area (Å²) < 4.78 is 0.801. The van der Waals surface area contributed by atoms with Crippen molar-refractivity contribution < 1.29 is 4.79 Å². The molecule has 0 aliphatic heterocycles. The number of alkyl halides is 1. The van der Waals surface area contributed by atoms with Gasteiger partial charge in [-0.25, -0.2) is 0 Å². The minimum atomic E-state index is -0.105. The van der Waals surface area contributed by atoms with Crippen molar-refractivity contribution in [1.29, 1.82) is 0 Å². The molecule has 1 amide bonds. The van der Waals surface area contributed by atoms with Crippen molar-refractivity contribution in [2.24, 2.45) is 5.92 Å². The third kappa shape index (κ3) is 4.60. The zero-order chi connectivity index (χ0) is 13.0. The summed E-state index contributed by atoms with van der Waals surface area (Å²) in [5.74, 6) is 0.271. The van der Waals surface area contributed by atoms with Crippen LogP contribution in [0.5, 0.6) is 0 Å². The summed E-state index contributed by atoms with van der Waals surface area (Å²) in [5.41, 5.74) is 0.566. The molecule has 1 N–H and O–H groups in total. The number of halogens is 3. The highest BCUT2D eigenvalue weighted by atomic mass is 79.9. The van der Waals surface area contributed by atoms with Crippen molar-refractivity contribution in [2.75, 3.05) is 5.33 Å². The number of rotatable bonds is 4. The summed E-state index contributed by atoms with van der Waals surface area (Å²) in [6.07, 6.45) is 0. The first kappa shape index (κ1) is 15.0. The summed E-state index contributed by atoms with van der Waals surface area (Å²) in [6.45, 7) is 4.14. The zero-order valence-electron chi connectivity index (χ0n) is 9.64. The normalized spacial score (nSPS) is 12.6. The van der Waals surface area contributed by atoms with Gasteiger partial charge in [-0.3, -0.25) is 4.79 Å². The molecule has 0 bridgehead atoms. The van der Waals surface area contributed by atoms with Crippen molar-refractivity contribution in [1.82, 2.24) is 5.32 Å². The van der Waals surface area contributed by atoms with Crippen LogP contribution in [-0.4, -0.2) is 17.3 Å². The summed E-state index contributed by atoms with van der Waals surface area (Å²) in [6, 6.07) is 5.28. The Hall–Kier alpha value is -0.0600. The van der Waals surface area contributed by atoms with Crippen molar-refractivity contribution >= 4 is 49.4 Å². The summed E-state index contributed by atoms with van der Waals surface area (Å²) >= 11 is 12.6. The first-order valence-electron chi connectivity index (χ1n) is 5.27. The number of benzene rings is 1. The van der Waals surface area contributed by atoms with Gasteiger partial charge in [0, 0.05) is 26.4 Å². The Morgan fingerprint density at radius 1 is 1.41 bits per heavy atom. The summed E-state index contributed by atoms with van der Waals surface area (Å²) in [4.78, 5) is 12.0. The Balaban J connectivity index is 2.82. The Labute approximate surface area is 123 Å². The van der Waals surface area contributed by atoms with Gasteiger partial charge >= 0.3 is 0 Å². The van der Waals surface area contributed by atoms with E-state index in [0.717, 1.165) is 9.80 Å². The standard InChI is InChI=1S/C12H14Br2ClNO/c1-7(2)11(6-13)16-12(17)8-3-9(14)5-10(15)4-8/h3-5,7,11H,6H2,1-2H3,(H,16,17). The van der Waals surface area contributed by atoms with Gasteiger partial charge in [0.15, 0.2) is 0 Å². The van der Waals surface area contributed by atoms with Crippen LogP contribution in [0, 0.1) is 5.92 Å². The highest BCUT2D eigenvalue weighted by molar-refractivity contribution is 9.10. The molecule has 17 heavy (non-hydrogen) atoms. The van der Waals surface area contributed by atoms with Crippen LogP contribution in [-0.2, 0) is 0 Å². The molecule has 0 saturated carbocycles. The molecule has 0 heterocycles. The topological polar surface area (TPSA) is 29.1 Å². The maximum atomic E-state index is 12.0. The largest absolute Gasteiger partial charge is 0.348 e. The molecule has 0 saturated heterocycles. The van der Waals surface area contributed by atoms with Crippen LogP contribution < -0.4 is 5.32 Å². The molecule has 0 radical (unpaired) electrons. The van der Waals surface area contributed by atoms with Crippen molar-refractivity contribution in [3.63, 3.8) is 0 Å². The molecule has 5 heteroatoms. The molecular formula is C12H14Br2ClNO. The molecule has 0 fully saturated rings. The van der Waals surface area contributed by atoms with E-state index in [-0.39, 0.29) is 11.9 Å². The van der Waals surface area contributed by atoms with Gasteiger partial charge in [-0.05, 0) is 24.1 Å². The molecule has 0 aliphatic carbocycles. The third-order valence-electron chi connectivity index (χ3n) is 2.41. The Morgan fingerprint density at radius 2 is 2.06 bits per heavy atom. The number of carbonyl (C=O) groups excluding carboxylic acids is 1. The first-order valence-corrected chi connectivity index (χ1v) is 7.56. The van der Waals surface area contributed by atoms with Gasteiger partial charge in [-0.2, -0.15) is 0 Å². The fourth-order valence-electron chi connectivity index (χ4n) is 1.32. The van der Waals surface area contributed by atoms with Crippen LogP contribution in [0.1, 0.15) is 24.2 Å². The van der Waals surface area contributed by atoms with Gasteiger partial charge in [0.2, 0.25) is 0 Å². The monoisotopic (exact) mass is 381 g/mol. The SMILES string of the molecule is CC(C)C(CBr)NC(=O)c1cc(Cl)cc(Br)c1. The molecular weight excluding hydrogens is 369 g/mol. The maximum Gasteiger partial charge on any atom is 0.251 e. The quantitative estimate of drug-likeness (QED) is 0.774. The van der Waals surface area contributed by atoms with E-state index in [1.54, 1.807) is 18.2 Å². The minimum Gasteiger partial charge on any atom is -0.348 e. The predicted octanol–water partition coefficient (Wildman–Crippen LogP) is 4.25. The molecule has 0 spiro atoms. The average molecular weight is 384 g/mol. The van der Waals surface area contributed by atoms with E-state index in [2.05, 4.69) is 51.0 Å². The van der Waals surface area contributed by atoms with Gasteiger partial charge in [-0.1, -0.05) is 57.3 Å². The molecule has 0 aromatic heterocycles. The molecule has 1 unspecified atom stereocenters. The van der Waals surface area contributed by atoms with E-state index in [9.17, 15) is 4.79 Å². The van der Waals surface area contributed by atoms with Gasteiger partial charge in [0.25, 0.3) is 5.91 Å². The number of carbonyl (C=O) groups is 1. The fraction of sp³-hybridized carbons (Fsp3) is 0.417. The van der Waals surface area contributed by atoms with E-state index in [1.165, 1.54) is 0 Å². The second-order valence-electron chi connectivity index (χ2n) is 4.14. The molecule has 2 nitrogen and oxygen atoms in total. The highest BCUT2D eigenvalue weighted by Gasteiger charge is 2.16. The summed E-state index contributed by atoms with van der Waals surface area (Å²) in [7, 11) is 0. The van der Waals surface area contributed by atoms with Crippen LogP contribution >= 0.6 is 43.5 Å². The van der Waals surface area contributed by atoms with E-state index in [4.69, 9.17) is 11.6 Å². The number of nitrogens with one attached hydrogen (secondary N) is 1. The number of hydrogen-bond acceptors (Lipinski definition) is 1. The predicted molar refractivity (Wildman–Crippen MR) is 79.0 cm³/mol. The molecule has 1 aromatic carbocycles. The van der Waals surface area contributed by atoms with E-state index in [1.807, 2.05) is 0 Å². The average Bonchev–Trinajstić information content (AvgIpc) is 2.23. The molecule has 94 valence electrons. The van der Waals surface area contributed by atoms with E-state index >= 15 is 0 Å². The first-order chi connectivity index (χ1) is 7.93. The third-order valence-corrected chi connectivity index (χ3v) is 3.79. The van der Waals surface area contributed by atoms with Crippen molar-refractivity contribution in [2.45, 2.75) is 19.9 Å². The zero-order valence-corrected chi connectivity index (χ0v) is 13.6. The van der Waals surface area contributed by atoms with Crippen LogP contribution in [0.25, 0.3) is 0 Å². The van der Waals surface area contributed by atoms with Gasteiger partial charge in [0.05, 0.1) is 0 Å². The Morgan fingerprint density at radius 3 is 2.53 bits per heavy atom. The van der Waals surface area contributed by atoms with Crippen molar-refractivity contribution in [3.05, 3.63) is 33.3 Å². The van der Waals surface area contributed by atoms with Gasteiger partial charge in [0.1, 0.15) is 0 Å². The van der Waals surface area contributed by atoms with Crippen LogP contribution in [0.15, 0.2) is 22.7 Å². The maximum absolute atomic E-state index is 12.0. The second kappa shape index (κ2) is 6.76. The van der Waals surface area contributed by atoms with E-state index in [0.29, 0.717) is 16.5 Å². The fourth-order valence-corrected chi connectivity index (χ4v) is 3.09. The number of amides is 1. The van der Waals surface area contributed by atoms with Crippen molar-refractivity contribution in [3.8, 4) is 0 Å². The highest BCUT2D eigenvalue weighted by Crippen LogP contribution is 2.20. The lowest BCUT2D eigenvalue weighted by molar-refractivity contribution is 0.0931. The minimum absolute atomic E-state index is 0.105. The van der Waals surface area contributed by atoms with Gasteiger partial charge in [-0.15, -0.1) is 0 Å². The van der Waals surface area contributed by atoms with E-state index < -0.39 is 0 Å². The molecule has 1 atom stereocenters. The lowest BCUT2D eigenvalue weighted by atomic mass is 10.1. The van der Waals surface area contributed by atoms with Crippen LogP contribution in [0.2, 0.25) is 5.02 Å². The van der Waals surface area contributed by atoms with Crippen LogP contribution in [0.3, 0.4) is 0 Å². The Kier molecular flexibility index (Phi) is 5.97. The molecule has 1 aromatic rings. The lowest BCUT2D eigenvalue weighted by Gasteiger charge is -2.20. The molecule has 0 aliphatic rings. The molecule has 1 rings (SSSR count). The summed E-state index contributed by atoms with van der Waals surface area (Å²) in [5, 5.41) is 4.25. The second-order valence-corrected chi connectivity index (χ2v) is 6.14. The smallest absolute Gasteiger partial charge is 0.251 e. The Bertz CT molecular complexity index is 389. The van der Waals surface area contributed by atoms with Gasteiger partial charge < -0.3 is 5.32 Å².